The number of benzene rings is 2. The van der Waals surface area contributed by atoms with Gasteiger partial charge in [0.25, 0.3) is 5.91 Å². The zero-order valence-electron chi connectivity index (χ0n) is 16.1. The maximum absolute atomic E-state index is 12.4. The summed E-state index contributed by atoms with van der Waals surface area (Å²) in [4.78, 5) is 12.4. The van der Waals surface area contributed by atoms with Crippen molar-refractivity contribution in [3.8, 4) is 5.75 Å². The molecule has 0 fully saturated rings. The average molecular weight is 339 g/mol. The molecule has 25 heavy (non-hydrogen) atoms. The summed E-state index contributed by atoms with van der Waals surface area (Å²) in [6.45, 7) is 12.5. The number of hydrogen-bond acceptors (Lipinski definition) is 2. The van der Waals surface area contributed by atoms with Crippen LogP contribution in [0, 0.1) is 0 Å². The highest BCUT2D eigenvalue weighted by molar-refractivity contribution is 5.94. The Morgan fingerprint density at radius 2 is 1.48 bits per heavy atom. The highest BCUT2D eigenvalue weighted by atomic mass is 16.5. The van der Waals surface area contributed by atoms with Crippen molar-refractivity contribution in [2.24, 2.45) is 0 Å². The molecule has 0 aliphatic heterocycles. The van der Waals surface area contributed by atoms with Crippen LogP contribution < -0.4 is 10.1 Å². The molecule has 1 amide bonds. The minimum Gasteiger partial charge on any atom is -0.491 e. The summed E-state index contributed by atoms with van der Waals surface area (Å²) in [6.07, 6.45) is 0.121. The zero-order valence-corrected chi connectivity index (χ0v) is 16.1. The highest BCUT2D eigenvalue weighted by Crippen LogP contribution is 2.24. The molecular weight excluding hydrogens is 310 g/mol. The summed E-state index contributed by atoms with van der Waals surface area (Å²) in [5, 5.41) is 3.05. The Balaban J connectivity index is 2.02. The van der Waals surface area contributed by atoms with E-state index in [1.807, 2.05) is 32.9 Å². The van der Waals surface area contributed by atoms with Crippen molar-refractivity contribution in [2.45, 2.75) is 59.1 Å². The Kier molecular flexibility index (Phi) is 5.89. The second kappa shape index (κ2) is 7.73. The summed E-state index contributed by atoms with van der Waals surface area (Å²) >= 11 is 0. The van der Waals surface area contributed by atoms with Crippen LogP contribution in [-0.2, 0) is 5.41 Å². The minimum absolute atomic E-state index is 0.0480. The normalized spacial score (nSPS) is 12.8. The lowest BCUT2D eigenvalue weighted by Crippen LogP contribution is -2.26. The van der Waals surface area contributed by atoms with Crippen LogP contribution in [0.3, 0.4) is 0 Å². The molecule has 0 saturated carbocycles. The fourth-order valence-corrected chi connectivity index (χ4v) is 2.59. The molecule has 0 spiro atoms. The number of ether oxygens (including phenoxy) is 1. The van der Waals surface area contributed by atoms with E-state index in [4.69, 9.17) is 4.74 Å². The first-order chi connectivity index (χ1) is 11.7. The molecule has 3 nitrogen and oxygen atoms in total. The lowest BCUT2D eigenvalue weighted by molar-refractivity contribution is 0.0940. The van der Waals surface area contributed by atoms with E-state index in [0.717, 1.165) is 11.3 Å². The largest absolute Gasteiger partial charge is 0.491 e. The number of nitrogens with one attached hydrogen (secondary N) is 1. The van der Waals surface area contributed by atoms with Crippen LogP contribution in [0.15, 0.2) is 48.5 Å². The molecule has 0 heterocycles. The first-order valence-electron chi connectivity index (χ1n) is 8.85. The van der Waals surface area contributed by atoms with Crippen LogP contribution in [0.2, 0.25) is 0 Å². The molecule has 2 aromatic rings. The van der Waals surface area contributed by atoms with Gasteiger partial charge in [0.1, 0.15) is 5.75 Å². The van der Waals surface area contributed by atoms with Crippen molar-refractivity contribution in [3.05, 3.63) is 65.2 Å². The molecule has 1 unspecified atom stereocenters. The third-order valence-electron chi connectivity index (χ3n) is 4.11. The van der Waals surface area contributed by atoms with E-state index in [2.05, 4.69) is 50.4 Å². The Labute approximate surface area is 151 Å². The second-order valence-corrected chi connectivity index (χ2v) is 7.76. The molecule has 134 valence electrons. The highest BCUT2D eigenvalue weighted by Gasteiger charge is 2.15. The Morgan fingerprint density at radius 1 is 0.920 bits per heavy atom. The molecule has 2 rings (SSSR count). The fraction of sp³-hybridized carbons (Fsp3) is 0.409. The van der Waals surface area contributed by atoms with E-state index in [9.17, 15) is 4.79 Å². The molecule has 1 atom stereocenters. The first-order valence-corrected chi connectivity index (χ1v) is 8.85. The fourth-order valence-electron chi connectivity index (χ4n) is 2.59. The van der Waals surface area contributed by atoms with Crippen molar-refractivity contribution >= 4 is 5.91 Å². The molecule has 0 saturated heterocycles. The third-order valence-corrected chi connectivity index (χ3v) is 4.11. The maximum Gasteiger partial charge on any atom is 0.251 e. The summed E-state index contributed by atoms with van der Waals surface area (Å²) in [6, 6.07) is 15.6. The van der Waals surface area contributed by atoms with Crippen LogP contribution in [0.5, 0.6) is 5.75 Å². The molecule has 3 heteroatoms. The van der Waals surface area contributed by atoms with Gasteiger partial charge in [-0.2, -0.15) is 0 Å². The average Bonchev–Trinajstić information content (AvgIpc) is 2.54. The first kappa shape index (κ1) is 19.0. The smallest absolute Gasteiger partial charge is 0.251 e. The number of carbonyl (C=O) groups is 1. The SMILES string of the molecule is CC(C)Oc1ccc(C(=O)NC(C)c2ccc(C(C)(C)C)cc2)cc1. The maximum atomic E-state index is 12.4. The van der Waals surface area contributed by atoms with E-state index < -0.39 is 0 Å². The summed E-state index contributed by atoms with van der Waals surface area (Å²) in [5.41, 5.74) is 3.15. The Hall–Kier alpha value is -2.29. The Morgan fingerprint density at radius 3 is 1.96 bits per heavy atom. The van der Waals surface area contributed by atoms with Gasteiger partial charge in [-0.15, -0.1) is 0 Å². The number of hydrogen-bond donors (Lipinski definition) is 1. The molecule has 2 aromatic carbocycles. The van der Waals surface area contributed by atoms with E-state index in [-0.39, 0.29) is 23.5 Å². The van der Waals surface area contributed by atoms with Crippen LogP contribution in [0.1, 0.15) is 69.1 Å². The molecule has 0 aliphatic rings. The van der Waals surface area contributed by atoms with Crippen LogP contribution in [-0.4, -0.2) is 12.0 Å². The van der Waals surface area contributed by atoms with Gasteiger partial charge in [0.2, 0.25) is 0 Å². The van der Waals surface area contributed by atoms with Gasteiger partial charge in [-0.1, -0.05) is 45.0 Å². The van der Waals surface area contributed by atoms with Crippen LogP contribution in [0.25, 0.3) is 0 Å². The van der Waals surface area contributed by atoms with Crippen molar-refractivity contribution in [2.75, 3.05) is 0 Å². The molecule has 0 radical (unpaired) electrons. The van der Waals surface area contributed by atoms with Gasteiger partial charge in [-0.05, 0) is 61.6 Å². The zero-order chi connectivity index (χ0) is 18.6. The number of amides is 1. The summed E-state index contributed by atoms with van der Waals surface area (Å²) in [7, 11) is 0. The van der Waals surface area contributed by atoms with Crippen LogP contribution >= 0.6 is 0 Å². The molecule has 0 aliphatic carbocycles. The Bertz CT molecular complexity index is 694. The second-order valence-electron chi connectivity index (χ2n) is 7.76. The lowest BCUT2D eigenvalue weighted by atomic mass is 9.86. The minimum atomic E-state index is -0.0801. The quantitative estimate of drug-likeness (QED) is 0.806. The van der Waals surface area contributed by atoms with Gasteiger partial charge in [0.15, 0.2) is 0 Å². The van der Waals surface area contributed by atoms with Crippen molar-refractivity contribution in [3.63, 3.8) is 0 Å². The predicted octanol–water partition coefficient (Wildman–Crippen LogP) is 5.26. The molecular formula is C22H29NO2. The van der Waals surface area contributed by atoms with E-state index in [1.165, 1.54) is 5.56 Å². The summed E-state index contributed by atoms with van der Waals surface area (Å²) in [5.74, 6) is 0.695. The van der Waals surface area contributed by atoms with Gasteiger partial charge < -0.3 is 10.1 Å². The van der Waals surface area contributed by atoms with E-state index in [1.54, 1.807) is 12.1 Å². The van der Waals surface area contributed by atoms with Crippen molar-refractivity contribution in [1.82, 2.24) is 5.32 Å². The van der Waals surface area contributed by atoms with Gasteiger partial charge in [-0.25, -0.2) is 0 Å². The summed E-state index contributed by atoms with van der Waals surface area (Å²) < 4.78 is 5.61. The van der Waals surface area contributed by atoms with Gasteiger partial charge in [0.05, 0.1) is 12.1 Å². The molecule has 0 aromatic heterocycles. The van der Waals surface area contributed by atoms with Gasteiger partial charge >= 0.3 is 0 Å². The van der Waals surface area contributed by atoms with Gasteiger partial charge in [-0.3, -0.25) is 4.79 Å². The van der Waals surface area contributed by atoms with E-state index >= 15 is 0 Å². The number of carbonyl (C=O) groups excluding carboxylic acids is 1. The third kappa shape index (κ3) is 5.35. The monoisotopic (exact) mass is 339 g/mol. The number of rotatable bonds is 5. The lowest BCUT2D eigenvalue weighted by Gasteiger charge is -2.21. The predicted molar refractivity (Wildman–Crippen MR) is 103 cm³/mol. The molecule has 0 bridgehead atoms. The van der Waals surface area contributed by atoms with Crippen LogP contribution in [0.4, 0.5) is 0 Å². The van der Waals surface area contributed by atoms with Crippen molar-refractivity contribution < 1.29 is 9.53 Å². The van der Waals surface area contributed by atoms with Gasteiger partial charge in [0, 0.05) is 5.56 Å². The van der Waals surface area contributed by atoms with E-state index in [0.29, 0.717) is 5.56 Å². The van der Waals surface area contributed by atoms with Crippen molar-refractivity contribution in [1.29, 1.82) is 0 Å². The molecule has 1 N–H and O–H groups in total. The topological polar surface area (TPSA) is 38.3 Å². The standard InChI is InChI=1S/C22H29NO2/c1-15(2)25-20-13-9-18(10-14-20)21(24)23-16(3)17-7-11-19(12-8-17)22(4,5)6/h7-16H,1-6H3,(H,23,24).